The van der Waals surface area contributed by atoms with Gasteiger partial charge in [-0.05, 0) is 70.1 Å². The number of aliphatic hydroxyl groups excluding tert-OH is 4. The van der Waals surface area contributed by atoms with Gasteiger partial charge in [-0.3, -0.25) is 0 Å². The topological polar surface area (TPSA) is 118 Å². The van der Waals surface area contributed by atoms with Crippen LogP contribution in [0.3, 0.4) is 0 Å². The lowest BCUT2D eigenvalue weighted by molar-refractivity contribution is 0.201. The first kappa shape index (κ1) is 23.8. The van der Waals surface area contributed by atoms with Crippen LogP contribution in [-0.4, -0.2) is 73.3 Å². The maximum Gasteiger partial charge on any atom is 0.127 e. The van der Waals surface area contributed by atoms with Crippen molar-refractivity contribution in [1.29, 1.82) is 0 Å². The van der Waals surface area contributed by atoms with E-state index in [1.54, 1.807) is 12.1 Å². The summed E-state index contributed by atoms with van der Waals surface area (Å²) < 4.78 is 23.0. The summed E-state index contributed by atoms with van der Waals surface area (Å²) in [6, 6.07) is 15.0. The fraction of sp³-hybridized carbons (Fsp3) is 0.308. The van der Waals surface area contributed by atoms with E-state index in [4.69, 9.17) is 29.2 Å². The van der Waals surface area contributed by atoms with Gasteiger partial charge in [0, 0.05) is 10.8 Å². The Balaban J connectivity index is 2.03. The summed E-state index contributed by atoms with van der Waals surface area (Å²) in [5.41, 5.74) is 0. The minimum atomic E-state index is -0.120. The second-order valence-electron chi connectivity index (χ2n) is 7.55. The van der Waals surface area contributed by atoms with Crippen LogP contribution in [0.15, 0.2) is 48.5 Å². The zero-order chi connectivity index (χ0) is 23.9. The lowest BCUT2D eigenvalue weighted by Crippen LogP contribution is -2.04. The van der Waals surface area contributed by atoms with Crippen molar-refractivity contribution in [3.05, 3.63) is 48.5 Å². The molecule has 0 heterocycles. The van der Waals surface area contributed by atoms with Crippen molar-refractivity contribution < 1.29 is 39.4 Å². The molecule has 0 atom stereocenters. The van der Waals surface area contributed by atoms with E-state index in [1.165, 1.54) is 0 Å². The van der Waals surface area contributed by atoms with Gasteiger partial charge in [-0.15, -0.1) is 0 Å². The third-order valence-electron chi connectivity index (χ3n) is 5.35. The molecule has 4 aromatic rings. The predicted molar refractivity (Wildman–Crippen MR) is 129 cm³/mol. The molecule has 0 saturated carbocycles. The Hall–Kier alpha value is -3.30. The van der Waals surface area contributed by atoms with E-state index in [9.17, 15) is 10.2 Å². The smallest absolute Gasteiger partial charge is 0.127 e. The Morgan fingerprint density at radius 3 is 1.15 bits per heavy atom. The molecule has 0 radical (unpaired) electrons. The SMILES string of the molecule is OCCOc1ccc2c(OCCO)cc3c4cc(OCCO)ccc4c(OCCO)cc3c2c1. The van der Waals surface area contributed by atoms with Gasteiger partial charge in [0.05, 0.1) is 26.4 Å². The largest absolute Gasteiger partial charge is 0.491 e. The van der Waals surface area contributed by atoms with Crippen molar-refractivity contribution in [3.63, 3.8) is 0 Å². The van der Waals surface area contributed by atoms with Crippen LogP contribution in [0.2, 0.25) is 0 Å². The molecule has 0 aromatic heterocycles. The molecule has 4 N–H and O–H groups in total. The van der Waals surface area contributed by atoms with Crippen LogP contribution in [0.5, 0.6) is 23.0 Å². The van der Waals surface area contributed by atoms with Gasteiger partial charge in [-0.2, -0.15) is 0 Å². The molecule has 4 aromatic carbocycles. The summed E-state index contributed by atoms with van der Waals surface area (Å²) in [6.07, 6.45) is 0. The molecule has 4 rings (SSSR count). The van der Waals surface area contributed by atoms with Crippen molar-refractivity contribution in [3.8, 4) is 23.0 Å². The van der Waals surface area contributed by atoms with Crippen LogP contribution < -0.4 is 18.9 Å². The standard InChI is InChI=1S/C26H28O8/c27-5-9-31-17-1-3-19-21(13-17)23-16-26(34-12-8-30)20-4-2-18(32-10-6-28)14-22(20)24(23)15-25(19)33-11-7-29/h1-4,13-16,27-30H,5-12H2. The maximum absolute atomic E-state index is 9.32. The van der Waals surface area contributed by atoms with Crippen LogP contribution in [0.4, 0.5) is 0 Å². The highest BCUT2D eigenvalue weighted by atomic mass is 16.5. The summed E-state index contributed by atoms with van der Waals surface area (Å²) >= 11 is 0. The van der Waals surface area contributed by atoms with Crippen molar-refractivity contribution >= 4 is 32.3 Å². The molecule has 8 nitrogen and oxygen atoms in total. The van der Waals surface area contributed by atoms with E-state index in [0.717, 1.165) is 32.3 Å². The predicted octanol–water partition coefficient (Wildman–Crippen LogP) is 2.63. The van der Waals surface area contributed by atoms with E-state index >= 15 is 0 Å². The van der Waals surface area contributed by atoms with Crippen molar-refractivity contribution in [2.24, 2.45) is 0 Å². The summed E-state index contributed by atoms with van der Waals surface area (Å²) in [5.74, 6) is 2.41. The number of aliphatic hydroxyl groups is 4. The van der Waals surface area contributed by atoms with Crippen LogP contribution in [0.1, 0.15) is 0 Å². The Morgan fingerprint density at radius 2 is 0.765 bits per heavy atom. The minimum absolute atomic E-state index is 0.0984. The van der Waals surface area contributed by atoms with E-state index in [-0.39, 0.29) is 52.9 Å². The summed E-state index contributed by atoms with van der Waals surface area (Å²) in [7, 11) is 0. The molecule has 8 heteroatoms. The number of hydrogen-bond donors (Lipinski definition) is 4. The average Bonchev–Trinajstić information content (AvgIpc) is 2.87. The second kappa shape index (κ2) is 11.2. The Morgan fingerprint density at radius 1 is 0.412 bits per heavy atom. The van der Waals surface area contributed by atoms with Gasteiger partial charge >= 0.3 is 0 Å². The Labute approximate surface area is 196 Å². The third kappa shape index (κ3) is 4.95. The number of ether oxygens (including phenoxy) is 4. The number of hydrogen-bond acceptors (Lipinski definition) is 8. The molecular weight excluding hydrogens is 440 g/mol. The highest BCUT2D eigenvalue weighted by Gasteiger charge is 2.16. The van der Waals surface area contributed by atoms with Crippen LogP contribution in [0.25, 0.3) is 32.3 Å². The van der Waals surface area contributed by atoms with Gasteiger partial charge in [0.1, 0.15) is 49.4 Å². The molecule has 0 aliphatic heterocycles. The van der Waals surface area contributed by atoms with E-state index < -0.39 is 0 Å². The molecule has 0 aliphatic rings. The molecule has 0 spiro atoms. The van der Waals surface area contributed by atoms with Crippen LogP contribution in [-0.2, 0) is 0 Å². The molecule has 0 fully saturated rings. The molecule has 0 aliphatic carbocycles. The molecular formula is C26H28O8. The third-order valence-corrected chi connectivity index (χ3v) is 5.35. The van der Waals surface area contributed by atoms with E-state index in [1.807, 2.05) is 36.4 Å². The summed E-state index contributed by atoms with van der Waals surface area (Å²) in [5, 5.41) is 42.0. The second-order valence-corrected chi connectivity index (χ2v) is 7.55. The lowest BCUT2D eigenvalue weighted by atomic mass is 9.95. The van der Waals surface area contributed by atoms with Gasteiger partial charge in [-0.25, -0.2) is 0 Å². The molecule has 0 unspecified atom stereocenters. The normalized spacial score (nSPS) is 11.3. The fourth-order valence-corrected chi connectivity index (χ4v) is 4.00. The summed E-state index contributed by atoms with van der Waals surface area (Å²) in [4.78, 5) is 0. The van der Waals surface area contributed by atoms with Crippen molar-refractivity contribution in [2.75, 3.05) is 52.9 Å². The fourth-order valence-electron chi connectivity index (χ4n) is 4.00. The van der Waals surface area contributed by atoms with Crippen molar-refractivity contribution in [1.82, 2.24) is 0 Å². The monoisotopic (exact) mass is 468 g/mol. The maximum atomic E-state index is 9.32. The Bertz CT molecular complexity index is 1170. The van der Waals surface area contributed by atoms with Crippen LogP contribution in [0, 0.1) is 0 Å². The van der Waals surface area contributed by atoms with Gasteiger partial charge in [0.2, 0.25) is 0 Å². The number of rotatable bonds is 12. The number of benzene rings is 4. The quantitative estimate of drug-likeness (QED) is 0.235. The minimum Gasteiger partial charge on any atom is -0.491 e. The lowest BCUT2D eigenvalue weighted by Gasteiger charge is -2.17. The van der Waals surface area contributed by atoms with Gasteiger partial charge in [0.15, 0.2) is 0 Å². The van der Waals surface area contributed by atoms with Gasteiger partial charge < -0.3 is 39.4 Å². The Kier molecular flexibility index (Phi) is 7.87. The summed E-state index contributed by atoms with van der Waals surface area (Å²) in [6.45, 7) is 0.189. The van der Waals surface area contributed by atoms with Crippen molar-refractivity contribution in [2.45, 2.75) is 0 Å². The van der Waals surface area contributed by atoms with Crippen LogP contribution >= 0.6 is 0 Å². The van der Waals surface area contributed by atoms with Gasteiger partial charge in [-0.1, -0.05) is 0 Å². The molecule has 0 saturated heterocycles. The van der Waals surface area contributed by atoms with E-state index in [2.05, 4.69) is 0 Å². The van der Waals surface area contributed by atoms with E-state index in [0.29, 0.717) is 23.0 Å². The highest BCUT2D eigenvalue weighted by molar-refractivity contribution is 6.20. The van der Waals surface area contributed by atoms with Gasteiger partial charge in [0.25, 0.3) is 0 Å². The molecule has 0 amide bonds. The first-order chi connectivity index (χ1) is 16.7. The average molecular weight is 469 g/mol. The zero-order valence-corrected chi connectivity index (χ0v) is 18.7. The highest BCUT2D eigenvalue weighted by Crippen LogP contribution is 2.42. The first-order valence-electron chi connectivity index (χ1n) is 11.1. The molecule has 34 heavy (non-hydrogen) atoms. The molecule has 0 bridgehead atoms. The number of fused-ring (bicyclic) bond motifs is 5. The first-order valence-corrected chi connectivity index (χ1v) is 11.1. The molecule has 180 valence electrons. The zero-order valence-electron chi connectivity index (χ0n) is 18.7.